The lowest BCUT2D eigenvalue weighted by atomic mass is 10.2. The summed E-state index contributed by atoms with van der Waals surface area (Å²) in [6.07, 6.45) is 0.458. The monoisotopic (exact) mass is 359 g/mol. The quantitative estimate of drug-likeness (QED) is 0.802. The number of amides is 2. The van der Waals surface area contributed by atoms with E-state index < -0.39 is 15.9 Å². The fraction of sp³-hybridized carbons (Fsp3) is 0.278. The lowest BCUT2D eigenvalue weighted by Crippen LogP contribution is -2.50. The minimum absolute atomic E-state index is 0.00441. The third kappa shape index (κ3) is 4.96. The first-order valence-electron chi connectivity index (χ1n) is 8.16. The van der Waals surface area contributed by atoms with Crippen LogP contribution in [0.15, 0.2) is 60.7 Å². The number of hydrazine groups is 1. The molecule has 2 aromatic carbocycles. The van der Waals surface area contributed by atoms with Gasteiger partial charge in [-0.25, -0.2) is 18.6 Å². The van der Waals surface area contributed by atoms with Gasteiger partial charge in [-0.05, 0) is 24.1 Å². The minimum Gasteiger partial charge on any atom is -0.333 e. The average Bonchev–Trinajstić information content (AvgIpc) is 2.94. The second kappa shape index (κ2) is 7.57. The van der Waals surface area contributed by atoms with E-state index in [4.69, 9.17) is 0 Å². The van der Waals surface area contributed by atoms with E-state index in [2.05, 4.69) is 10.7 Å². The number of carbonyl (C=O) groups excluding carboxylic acids is 1. The molecular formula is C18H21N3O3S. The zero-order valence-electron chi connectivity index (χ0n) is 13.8. The Balaban J connectivity index is 1.68. The third-order valence-corrected chi connectivity index (χ3v) is 5.82. The number of carbonyl (C=O) groups is 1. The van der Waals surface area contributed by atoms with Gasteiger partial charge in [0.15, 0.2) is 9.84 Å². The number of nitrogens with one attached hydrogen (secondary N) is 2. The Morgan fingerprint density at radius 3 is 2.28 bits per heavy atom. The van der Waals surface area contributed by atoms with Gasteiger partial charge >= 0.3 is 6.03 Å². The highest BCUT2D eigenvalue weighted by Crippen LogP contribution is 2.15. The zero-order valence-corrected chi connectivity index (χ0v) is 14.6. The van der Waals surface area contributed by atoms with Crippen molar-refractivity contribution in [1.82, 2.24) is 10.7 Å². The number of para-hydroxylation sites is 1. The molecule has 132 valence electrons. The Morgan fingerprint density at radius 1 is 1.04 bits per heavy atom. The zero-order chi connectivity index (χ0) is 17.7. The molecule has 1 unspecified atom stereocenters. The summed E-state index contributed by atoms with van der Waals surface area (Å²) in [5.74, 6) is 0.134. The number of hydrogen-bond donors (Lipinski definition) is 2. The van der Waals surface area contributed by atoms with E-state index in [1.54, 1.807) is 5.01 Å². The van der Waals surface area contributed by atoms with E-state index in [0.29, 0.717) is 13.0 Å². The fourth-order valence-corrected chi connectivity index (χ4v) is 4.49. The molecule has 7 heteroatoms. The number of urea groups is 1. The van der Waals surface area contributed by atoms with E-state index in [0.717, 1.165) is 11.3 Å². The van der Waals surface area contributed by atoms with Gasteiger partial charge in [-0.3, -0.25) is 5.01 Å². The van der Waals surface area contributed by atoms with Crippen molar-refractivity contribution in [3.63, 3.8) is 0 Å². The van der Waals surface area contributed by atoms with Crippen molar-refractivity contribution in [3.05, 3.63) is 66.2 Å². The van der Waals surface area contributed by atoms with E-state index in [9.17, 15) is 13.2 Å². The van der Waals surface area contributed by atoms with Gasteiger partial charge in [0.2, 0.25) is 0 Å². The van der Waals surface area contributed by atoms with E-state index in [-0.39, 0.29) is 17.5 Å². The number of benzene rings is 2. The highest BCUT2D eigenvalue weighted by molar-refractivity contribution is 7.91. The molecule has 6 nitrogen and oxygen atoms in total. The van der Waals surface area contributed by atoms with Crippen LogP contribution in [-0.4, -0.2) is 32.0 Å². The molecule has 1 heterocycles. The number of nitrogens with zero attached hydrogens (tertiary/aromatic N) is 1. The molecule has 1 aliphatic rings. The van der Waals surface area contributed by atoms with Crippen molar-refractivity contribution < 1.29 is 13.2 Å². The van der Waals surface area contributed by atoms with E-state index >= 15 is 0 Å². The number of rotatable bonds is 5. The van der Waals surface area contributed by atoms with Crippen LogP contribution in [0.25, 0.3) is 0 Å². The van der Waals surface area contributed by atoms with Gasteiger partial charge in [-0.1, -0.05) is 48.5 Å². The van der Waals surface area contributed by atoms with Crippen LogP contribution in [-0.2, 0) is 16.4 Å². The molecule has 3 rings (SSSR count). The molecule has 25 heavy (non-hydrogen) atoms. The number of sulfone groups is 1. The summed E-state index contributed by atoms with van der Waals surface area (Å²) in [6.45, 7) is 0.501. The van der Waals surface area contributed by atoms with Crippen LogP contribution in [0.2, 0.25) is 0 Å². The second-order valence-corrected chi connectivity index (χ2v) is 8.32. The van der Waals surface area contributed by atoms with Gasteiger partial charge in [-0.15, -0.1) is 0 Å². The van der Waals surface area contributed by atoms with E-state index in [1.807, 2.05) is 60.7 Å². The largest absolute Gasteiger partial charge is 0.333 e. The SMILES string of the molecule is O=C(NC1CCS(=O)(=O)C1)NN(Cc1ccccc1)c1ccccc1. The predicted molar refractivity (Wildman–Crippen MR) is 97.8 cm³/mol. The molecule has 0 aliphatic carbocycles. The van der Waals surface area contributed by atoms with Crippen LogP contribution in [0.4, 0.5) is 10.5 Å². The summed E-state index contributed by atoms with van der Waals surface area (Å²) >= 11 is 0. The molecule has 1 atom stereocenters. The lowest BCUT2D eigenvalue weighted by molar-refractivity contribution is 0.237. The van der Waals surface area contributed by atoms with Crippen molar-refractivity contribution in [2.45, 2.75) is 19.0 Å². The van der Waals surface area contributed by atoms with E-state index in [1.165, 1.54) is 0 Å². The topological polar surface area (TPSA) is 78.5 Å². The maximum absolute atomic E-state index is 12.3. The molecule has 0 radical (unpaired) electrons. The average molecular weight is 359 g/mol. The lowest BCUT2D eigenvalue weighted by Gasteiger charge is -2.26. The minimum atomic E-state index is -3.03. The molecule has 0 saturated carbocycles. The molecule has 1 fully saturated rings. The number of hydrogen-bond acceptors (Lipinski definition) is 4. The third-order valence-electron chi connectivity index (χ3n) is 4.06. The molecule has 2 aromatic rings. The van der Waals surface area contributed by atoms with Crippen LogP contribution in [0.1, 0.15) is 12.0 Å². The molecule has 2 amide bonds. The number of anilines is 1. The van der Waals surface area contributed by atoms with Gasteiger partial charge in [0.1, 0.15) is 0 Å². The second-order valence-electron chi connectivity index (χ2n) is 6.09. The van der Waals surface area contributed by atoms with Gasteiger partial charge in [-0.2, -0.15) is 0 Å². The van der Waals surface area contributed by atoms with Crippen LogP contribution in [0, 0.1) is 0 Å². The first-order valence-corrected chi connectivity index (χ1v) is 9.98. The van der Waals surface area contributed by atoms with Crippen molar-refractivity contribution in [2.75, 3.05) is 16.5 Å². The smallest absolute Gasteiger partial charge is 0.333 e. The summed E-state index contributed by atoms with van der Waals surface area (Å²) in [6, 6.07) is 18.6. The first kappa shape index (κ1) is 17.3. The van der Waals surface area contributed by atoms with Gasteiger partial charge < -0.3 is 5.32 Å². The predicted octanol–water partition coefficient (Wildman–Crippen LogP) is 2.09. The summed E-state index contributed by atoms with van der Waals surface area (Å²) in [4.78, 5) is 12.3. The Labute approximate surface area is 147 Å². The molecule has 2 N–H and O–H groups in total. The van der Waals surface area contributed by atoms with Crippen LogP contribution in [0.3, 0.4) is 0 Å². The molecule has 0 aromatic heterocycles. The Hall–Kier alpha value is -2.54. The molecule has 0 spiro atoms. The Kier molecular flexibility index (Phi) is 5.23. The van der Waals surface area contributed by atoms with Crippen LogP contribution >= 0.6 is 0 Å². The maximum atomic E-state index is 12.3. The molecule has 1 saturated heterocycles. The normalized spacial score (nSPS) is 18.5. The maximum Gasteiger partial charge on any atom is 0.333 e. The van der Waals surface area contributed by atoms with Crippen molar-refractivity contribution in [3.8, 4) is 0 Å². The first-order chi connectivity index (χ1) is 12.0. The summed E-state index contributed by atoms with van der Waals surface area (Å²) < 4.78 is 23.1. The van der Waals surface area contributed by atoms with Crippen molar-refractivity contribution in [1.29, 1.82) is 0 Å². The van der Waals surface area contributed by atoms with Gasteiger partial charge in [0, 0.05) is 6.04 Å². The fourth-order valence-electron chi connectivity index (χ4n) is 2.82. The van der Waals surface area contributed by atoms with Crippen LogP contribution in [0.5, 0.6) is 0 Å². The summed E-state index contributed by atoms with van der Waals surface area (Å²) in [5.41, 5.74) is 4.72. The molecular weight excluding hydrogens is 338 g/mol. The van der Waals surface area contributed by atoms with Crippen molar-refractivity contribution >= 4 is 21.6 Å². The summed E-state index contributed by atoms with van der Waals surface area (Å²) in [5, 5.41) is 4.49. The van der Waals surface area contributed by atoms with Crippen LogP contribution < -0.4 is 15.8 Å². The highest BCUT2D eigenvalue weighted by Gasteiger charge is 2.29. The molecule has 1 aliphatic heterocycles. The van der Waals surface area contributed by atoms with Gasteiger partial charge in [0.25, 0.3) is 0 Å². The van der Waals surface area contributed by atoms with Gasteiger partial charge in [0.05, 0.1) is 23.7 Å². The standard InChI is InChI=1S/C18H21N3O3S/c22-18(19-16-11-12-25(23,24)14-16)20-21(17-9-5-2-6-10-17)13-15-7-3-1-4-8-15/h1-10,16H,11-14H2,(H2,19,20,22). The molecule has 0 bridgehead atoms. The van der Waals surface area contributed by atoms with Crippen molar-refractivity contribution in [2.24, 2.45) is 0 Å². The summed E-state index contributed by atoms with van der Waals surface area (Å²) in [7, 11) is -3.03. The Morgan fingerprint density at radius 2 is 1.68 bits per heavy atom. The Bertz CT molecular complexity index is 810. The highest BCUT2D eigenvalue weighted by atomic mass is 32.2.